The van der Waals surface area contributed by atoms with Crippen molar-refractivity contribution in [2.45, 2.75) is 6.10 Å². The van der Waals surface area contributed by atoms with Crippen molar-refractivity contribution in [1.29, 1.82) is 0 Å². The first-order valence-electron chi connectivity index (χ1n) is 7.49. The summed E-state index contributed by atoms with van der Waals surface area (Å²) in [5, 5.41) is 0. The molecule has 2 rings (SSSR count). The van der Waals surface area contributed by atoms with Gasteiger partial charge in [-0.1, -0.05) is 0 Å². The minimum absolute atomic E-state index is 0.274. The van der Waals surface area contributed by atoms with Crippen molar-refractivity contribution >= 4 is 16.1 Å². The molecule has 1 N–H and O–H groups in total. The quantitative estimate of drug-likeness (QED) is 0.243. The second-order valence-corrected chi connectivity index (χ2v) is 7.13. The Morgan fingerprint density at radius 2 is 1.52 bits per heavy atom. The van der Waals surface area contributed by atoms with Crippen molar-refractivity contribution in [1.82, 2.24) is 4.90 Å². The summed E-state index contributed by atoms with van der Waals surface area (Å²) < 4.78 is 108. The van der Waals surface area contributed by atoms with Crippen LogP contribution >= 0.6 is 0 Å². The first kappa shape index (κ1) is 21.5. The Labute approximate surface area is 150 Å². The molecule has 0 aliphatic carbocycles. The SMILES string of the molecule is O=C(OC(CN1CCOCC1)CS(=O)(=O)O)c1c(F)c(F)c(F)c(F)c1F. The molecular weight excluding hydrogens is 405 g/mol. The molecule has 13 heteroatoms. The van der Waals surface area contributed by atoms with Gasteiger partial charge >= 0.3 is 5.97 Å². The van der Waals surface area contributed by atoms with Crippen LogP contribution in [0.5, 0.6) is 0 Å². The van der Waals surface area contributed by atoms with Crippen molar-refractivity contribution < 1.29 is 49.2 Å². The monoisotopic (exact) mass is 419 g/mol. The lowest BCUT2D eigenvalue weighted by Gasteiger charge is -2.29. The molecule has 1 aliphatic rings. The van der Waals surface area contributed by atoms with Gasteiger partial charge in [0.1, 0.15) is 17.4 Å². The second kappa shape index (κ2) is 8.46. The fourth-order valence-electron chi connectivity index (χ4n) is 2.43. The lowest BCUT2D eigenvalue weighted by atomic mass is 10.1. The highest BCUT2D eigenvalue weighted by molar-refractivity contribution is 7.85. The number of carbonyl (C=O) groups is 1. The summed E-state index contributed by atoms with van der Waals surface area (Å²) in [4.78, 5) is 13.5. The third-order valence-electron chi connectivity index (χ3n) is 3.65. The first-order valence-corrected chi connectivity index (χ1v) is 9.10. The molecule has 0 radical (unpaired) electrons. The number of hydrogen-bond acceptors (Lipinski definition) is 6. The summed E-state index contributed by atoms with van der Waals surface area (Å²) in [7, 11) is -4.68. The maximum absolute atomic E-state index is 13.7. The van der Waals surface area contributed by atoms with E-state index >= 15 is 0 Å². The third kappa shape index (κ3) is 5.34. The van der Waals surface area contributed by atoms with Crippen LogP contribution in [0.1, 0.15) is 10.4 Å². The number of morpholine rings is 1. The molecular formula is C14H14F5NO6S. The molecule has 7 nitrogen and oxygen atoms in total. The Morgan fingerprint density at radius 1 is 1.04 bits per heavy atom. The van der Waals surface area contributed by atoms with Gasteiger partial charge in [0.25, 0.3) is 10.1 Å². The number of hydrogen-bond donors (Lipinski definition) is 1. The molecule has 0 aromatic heterocycles. The smallest absolute Gasteiger partial charge is 0.344 e. The van der Waals surface area contributed by atoms with E-state index in [-0.39, 0.29) is 19.8 Å². The summed E-state index contributed by atoms with van der Waals surface area (Å²) in [6.45, 7) is 0.906. The van der Waals surface area contributed by atoms with Crippen LogP contribution in [-0.4, -0.2) is 68.5 Å². The van der Waals surface area contributed by atoms with Gasteiger partial charge in [-0.3, -0.25) is 9.45 Å². The minimum Gasteiger partial charge on any atom is -0.456 e. The number of halogens is 5. The average molecular weight is 419 g/mol. The molecule has 152 valence electrons. The van der Waals surface area contributed by atoms with Crippen LogP contribution in [0.4, 0.5) is 22.0 Å². The number of esters is 1. The molecule has 1 aliphatic heterocycles. The van der Waals surface area contributed by atoms with Crippen LogP contribution in [-0.2, 0) is 19.6 Å². The summed E-state index contributed by atoms with van der Waals surface area (Å²) in [6, 6.07) is 0. The largest absolute Gasteiger partial charge is 0.456 e. The lowest BCUT2D eigenvalue weighted by Crippen LogP contribution is -2.44. The van der Waals surface area contributed by atoms with Crippen LogP contribution in [0.3, 0.4) is 0 Å². The van der Waals surface area contributed by atoms with E-state index in [1.165, 1.54) is 0 Å². The summed E-state index contributed by atoms with van der Waals surface area (Å²) in [5.41, 5.74) is -1.85. The van der Waals surface area contributed by atoms with Gasteiger partial charge in [-0.2, -0.15) is 8.42 Å². The number of ether oxygens (including phenoxy) is 2. The first-order chi connectivity index (χ1) is 12.5. The number of benzene rings is 1. The molecule has 0 amide bonds. The molecule has 27 heavy (non-hydrogen) atoms. The van der Waals surface area contributed by atoms with Gasteiger partial charge in [-0.15, -0.1) is 0 Å². The van der Waals surface area contributed by atoms with Crippen molar-refractivity contribution in [2.24, 2.45) is 0 Å². The molecule has 1 aromatic rings. The molecule has 1 aromatic carbocycles. The van der Waals surface area contributed by atoms with Crippen molar-refractivity contribution in [3.8, 4) is 0 Å². The topological polar surface area (TPSA) is 93.1 Å². The standard InChI is InChI=1S/C14H14F5NO6S/c15-9-8(10(16)12(18)13(19)11(9)17)14(21)26-7(6-27(22,23)24)5-20-1-3-25-4-2-20/h7H,1-6H2,(H,22,23,24). The van der Waals surface area contributed by atoms with E-state index in [1.54, 1.807) is 4.90 Å². The minimum atomic E-state index is -4.68. The highest BCUT2D eigenvalue weighted by Crippen LogP contribution is 2.24. The molecule has 1 fully saturated rings. The average Bonchev–Trinajstić information content (AvgIpc) is 2.58. The van der Waals surface area contributed by atoms with Crippen LogP contribution < -0.4 is 0 Å². The van der Waals surface area contributed by atoms with Crippen LogP contribution in [0.2, 0.25) is 0 Å². The van der Waals surface area contributed by atoms with E-state index in [4.69, 9.17) is 9.29 Å². The van der Waals surface area contributed by atoms with E-state index < -0.39 is 62.6 Å². The van der Waals surface area contributed by atoms with E-state index in [9.17, 15) is 35.2 Å². The normalized spacial score (nSPS) is 17.0. The Balaban J connectivity index is 2.27. The fraction of sp³-hybridized carbons (Fsp3) is 0.500. The lowest BCUT2D eigenvalue weighted by molar-refractivity contribution is 0.000324. The van der Waals surface area contributed by atoms with Gasteiger partial charge in [-0.05, 0) is 0 Å². The number of rotatable bonds is 6. The highest BCUT2D eigenvalue weighted by atomic mass is 32.2. The Morgan fingerprint density at radius 3 is 2.00 bits per heavy atom. The molecule has 1 saturated heterocycles. The summed E-state index contributed by atoms with van der Waals surface area (Å²) in [5.74, 6) is -15.1. The van der Waals surface area contributed by atoms with Crippen LogP contribution in [0.25, 0.3) is 0 Å². The Kier molecular flexibility index (Phi) is 6.72. The summed E-state index contributed by atoms with van der Waals surface area (Å²) >= 11 is 0. The van der Waals surface area contributed by atoms with Crippen molar-refractivity contribution in [2.75, 3.05) is 38.6 Å². The second-order valence-electron chi connectivity index (χ2n) is 5.63. The highest BCUT2D eigenvalue weighted by Gasteiger charge is 2.33. The predicted molar refractivity (Wildman–Crippen MR) is 79.1 cm³/mol. The molecule has 0 saturated carbocycles. The number of nitrogens with zero attached hydrogens (tertiary/aromatic N) is 1. The molecule has 1 unspecified atom stereocenters. The molecule has 0 spiro atoms. The van der Waals surface area contributed by atoms with Crippen LogP contribution in [0.15, 0.2) is 0 Å². The van der Waals surface area contributed by atoms with E-state index in [1.807, 2.05) is 0 Å². The maximum Gasteiger partial charge on any atom is 0.344 e. The molecule has 1 heterocycles. The van der Waals surface area contributed by atoms with Crippen molar-refractivity contribution in [3.63, 3.8) is 0 Å². The Bertz CT molecular complexity index is 799. The molecule has 0 bridgehead atoms. The third-order valence-corrected chi connectivity index (χ3v) is 4.44. The Hall–Kier alpha value is -1.83. The van der Waals surface area contributed by atoms with Gasteiger partial charge in [0.05, 0.1) is 13.2 Å². The van der Waals surface area contributed by atoms with E-state index in [2.05, 4.69) is 4.74 Å². The zero-order chi connectivity index (χ0) is 20.4. The van der Waals surface area contributed by atoms with Gasteiger partial charge in [0.2, 0.25) is 5.82 Å². The van der Waals surface area contributed by atoms with Crippen LogP contribution in [0, 0.1) is 29.1 Å². The fourth-order valence-corrected chi connectivity index (χ4v) is 3.07. The maximum atomic E-state index is 13.7. The van der Waals surface area contributed by atoms with Gasteiger partial charge in [0.15, 0.2) is 23.3 Å². The predicted octanol–water partition coefficient (Wildman–Crippen LogP) is 1.13. The zero-order valence-electron chi connectivity index (χ0n) is 13.6. The van der Waals surface area contributed by atoms with Crippen molar-refractivity contribution in [3.05, 3.63) is 34.6 Å². The number of carbonyl (C=O) groups excluding carboxylic acids is 1. The van der Waals surface area contributed by atoms with Gasteiger partial charge in [-0.25, -0.2) is 26.7 Å². The van der Waals surface area contributed by atoms with E-state index in [0.29, 0.717) is 13.1 Å². The molecule has 1 atom stereocenters. The summed E-state index contributed by atoms with van der Waals surface area (Å²) in [6.07, 6.45) is -1.62. The van der Waals surface area contributed by atoms with Gasteiger partial charge < -0.3 is 9.47 Å². The van der Waals surface area contributed by atoms with Gasteiger partial charge in [0, 0.05) is 19.6 Å². The van der Waals surface area contributed by atoms with E-state index in [0.717, 1.165) is 0 Å². The zero-order valence-corrected chi connectivity index (χ0v) is 14.4.